The Balaban J connectivity index is 2.04. The quantitative estimate of drug-likeness (QED) is 0.719. The van der Waals surface area contributed by atoms with E-state index in [9.17, 15) is 0 Å². The van der Waals surface area contributed by atoms with E-state index in [2.05, 4.69) is 13.8 Å². The third-order valence-electron chi connectivity index (χ3n) is 5.72. The van der Waals surface area contributed by atoms with Crippen molar-refractivity contribution >= 4 is 0 Å². The minimum atomic E-state index is 0.461. The predicted molar refractivity (Wildman–Crippen MR) is 69.1 cm³/mol. The molecule has 0 aliphatic heterocycles. The standard InChI is InChI=1S/C14H28N2/c1-13(7-3-11(15)4-8-13)14(2)9-5-12(16)6-10-14/h11-12H,3-10,15-16H2,1-2H3. The molecule has 0 heterocycles. The first-order valence-corrected chi connectivity index (χ1v) is 6.96. The summed E-state index contributed by atoms with van der Waals surface area (Å²) in [5.41, 5.74) is 13.1. The van der Waals surface area contributed by atoms with E-state index in [1.807, 2.05) is 0 Å². The van der Waals surface area contributed by atoms with E-state index in [4.69, 9.17) is 11.5 Å². The van der Waals surface area contributed by atoms with E-state index in [0.717, 1.165) is 0 Å². The molecule has 94 valence electrons. The first kappa shape index (κ1) is 12.4. The number of hydrogen-bond acceptors (Lipinski definition) is 2. The molecule has 2 saturated carbocycles. The number of hydrogen-bond donors (Lipinski definition) is 2. The molecule has 0 unspecified atom stereocenters. The van der Waals surface area contributed by atoms with Gasteiger partial charge in [-0.05, 0) is 62.2 Å². The van der Waals surface area contributed by atoms with Gasteiger partial charge in [0.25, 0.3) is 0 Å². The zero-order chi connectivity index (χ0) is 11.8. The highest BCUT2D eigenvalue weighted by Crippen LogP contribution is 2.55. The summed E-state index contributed by atoms with van der Waals surface area (Å²) < 4.78 is 0. The Morgan fingerprint density at radius 1 is 0.688 bits per heavy atom. The highest BCUT2D eigenvalue weighted by Gasteiger charge is 2.46. The molecule has 0 aromatic heterocycles. The van der Waals surface area contributed by atoms with Crippen LogP contribution < -0.4 is 11.5 Å². The Morgan fingerprint density at radius 3 is 1.19 bits per heavy atom. The predicted octanol–water partition coefficient (Wildman–Crippen LogP) is 2.80. The van der Waals surface area contributed by atoms with Crippen LogP contribution in [0.1, 0.15) is 65.2 Å². The third kappa shape index (κ3) is 2.14. The lowest BCUT2D eigenvalue weighted by Crippen LogP contribution is -2.46. The fourth-order valence-electron chi connectivity index (χ4n) is 3.76. The number of nitrogens with two attached hydrogens (primary N) is 2. The first-order chi connectivity index (χ1) is 7.45. The van der Waals surface area contributed by atoms with E-state index in [0.29, 0.717) is 22.9 Å². The molecule has 2 fully saturated rings. The molecular formula is C14H28N2. The summed E-state index contributed by atoms with van der Waals surface area (Å²) in [5, 5.41) is 0. The van der Waals surface area contributed by atoms with Gasteiger partial charge in [0.1, 0.15) is 0 Å². The zero-order valence-electron chi connectivity index (χ0n) is 11.0. The van der Waals surface area contributed by atoms with Gasteiger partial charge in [-0.25, -0.2) is 0 Å². The molecule has 0 saturated heterocycles. The van der Waals surface area contributed by atoms with Crippen LogP contribution in [0.25, 0.3) is 0 Å². The van der Waals surface area contributed by atoms with Crippen LogP contribution in [0.3, 0.4) is 0 Å². The normalized spacial score (nSPS) is 50.2. The summed E-state index contributed by atoms with van der Waals surface area (Å²) in [6, 6.07) is 0.921. The van der Waals surface area contributed by atoms with Crippen molar-refractivity contribution in [2.75, 3.05) is 0 Å². The SMILES string of the molecule is CC1(C2(C)CCC(N)CC2)CCC(N)CC1. The summed E-state index contributed by atoms with van der Waals surface area (Å²) in [4.78, 5) is 0. The van der Waals surface area contributed by atoms with Gasteiger partial charge in [-0.3, -0.25) is 0 Å². The van der Waals surface area contributed by atoms with Crippen molar-refractivity contribution in [1.29, 1.82) is 0 Å². The van der Waals surface area contributed by atoms with Crippen molar-refractivity contribution < 1.29 is 0 Å². The highest BCUT2D eigenvalue weighted by molar-refractivity contribution is 4.98. The second-order valence-corrected chi connectivity index (χ2v) is 6.80. The molecule has 2 nitrogen and oxygen atoms in total. The summed E-state index contributed by atoms with van der Waals surface area (Å²) in [6.07, 6.45) is 10.2. The average Bonchev–Trinajstić information content (AvgIpc) is 2.27. The van der Waals surface area contributed by atoms with E-state index in [1.165, 1.54) is 51.4 Å². The van der Waals surface area contributed by atoms with Crippen LogP contribution in [0.2, 0.25) is 0 Å². The maximum absolute atomic E-state index is 6.03. The van der Waals surface area contributed by atoms with Crippen LogP contribution in [-0.2, 0) is 0 Å². The minimum Gasteiger partial charge on any atom is -0.328 e. The minimum absolute atomic E-state index is 0.461. The van der Waals surface area contributed by atoms with Crippen molar-refractivity contribution in [2.45, 2.75) is 77.3 Å². The van der Waals surface area contributed by atoms with Crippen LogP contribution in [0.5, 0.6) is 0 Å². The molecule has 0 spiro atoms. The summed E-state index contributed by atoms with van der Waals surface area (Å²) in [6.45, 7) is 4.99. The topological polar surface area (TPSA) is 52.0 Å². The van der Waals surface area contributed by atoms with E-state index in [1.54, 1.807) is 0 Å². The van der Waals surface area contributed by atoms with Gasteiger partial charge in [-0.1, -0.05) is 13.8 Å². The van der Waals surface area contributed by atoms with Crippen molar-refractivity contribution in [3.63, 3.8) is 0 Å². The van der Waals surface area contributed by atoms with Crippen molar-refractivity contribution in [3.8, 4) is 0 Å². The summed E-state index contributed by atoms with van der Waals surface area (Å²) in [7, 11) is 0. The summed E-state index contributed by atoms with van der Waals surface area (Å²) >= 11 is 0. The number of rotatable bonds is 1. The molecule has 0 atom stereocenters. The van der Waals surface area contributed by atoms with Crippen LogP contribution in [0.15, 0.2) is 0 Å². The molecule has 4 N–H and O–H groups in total. The second-order valence-electron chi connectivity index (χ2n) is 6.80. The van der Waals surface area contributed by atoms with Gasteiger partial charge in [0.2, 0.25) is 0 Å². The lowest BCUT2D eigenvalue weighted by molar-refractivity contribution is -0.0110. The van der Waals surface area contributed by atoms with E-state index >= 15 is 0 Å². The zero-order valence-corrected chi connectivity index (χ0v) is 11.0. The largest absolute Gasteiger partial charge is 0.328 e. The molecule has 16 heavy (non-hydrogen) atoms. The molecule has 2 heteroatoms. The van der Waals surface area contributed by atoms with Crippen LogP contribution in [0, 0.1) is 10.8 Å². The third-order valence-corrected chi connectivity index (χ3v) is 5.72. The molecule has 2 aliphatic carbocycles. The summed E-state index contributed by atoms with van der Waals surface area (Å²) in [5.74, 6) is 0. The van der Waals surface area contributed by atoms with Gasteiger partial charge < -0.3 is 11.5 Å². The van der Waals surface area contributed by atoms with Gasteiger partial charge in [0.05, 0.1) is 0 Å². The van der Waals surface area contributed by atoms with Gasteiger partial charge in [-0.2, -0.15) is 0 Å². The molecule has 0 radical (unpaired) electrons. The molecule has 0 aromatic rings. The fraction of sp³-hybridized carbons (Fsp3) is 1.00. The van der Waals surface area contributed by atoms with Crippen molar-refractivity contribution in [3.05, 3.63) is 0 Å². The Labute approximate surface area is 100 Å². The Bertz CT molecular complexity index is 207. The molecule has 0 amide bonds. The molecule has 0 aromatic carbocycles. The molecule has 0 bridgehead atoms. The van der Waals surface area contributed by atoms with Gasteiger partial charge in [0.15, 0.2) is 0 Å². The van der Waals surface area contributed by atoms with Gasteiger partial charge >= 0.3 is 0 Å². The van der Waals surface area contributed by atoms with Crippen LogP contribution >= 0.6 is 0 Å². The smallest absolute Gasteiger partial charge is 0.00392 e. The maximum atomic E-state index is 6.03. The Morgan fingerprint density at radius 2 is 0.938 bits per heavy atom. The first-order valence-electron chi connectivity index (χ1n) is 6.96. The highest BCUT2D eigenvalue weighted by atomic mass is 14.7. The van der Waals surface area contributed by atoms with Gasteiger partial charge in [-0.15, -0.1) is 0 Å². The second kappa shape index (κ2) is 4.30. The van der Waals surface area contributed by atoms with Crippen molar-refractivity contribution in [1.82, 2.24) is 0 Å². The molecule has 2 rings (SSSR count). The average molecular weight is 224 g/mol. The lowest BCUT2D eigenvalue weighted by atomic mass is 9.53. The fourth-order valence-corrected chi connectivity index (χ4v) is 3.76. The molecular weight excluding hydrogens is 196 g/mol. The van der Waals surface area contributed by atoms with E-state index < -0.39 is 0 Å². The van der Waals surface area contributed by atoms with Crippen LogP contribution in [0.4, 0.5) is 0 Å². The molecule has 2 aliphatic rings. The maximum Gasteiger partial charge on any atom is 0.00392 e. The van der Waals surface area contributed by atoms with Crippen LogP contribution in [-0.4, -0.2) is 12.1 Å². The monoisotopic (exact) mass is 224 g/mol. The van der Waals surface area contributed by atoms with Crippen molar-refractivity contribution in [2.24, 2.45) is 22.3 Å². The Hall–Kier alpha value is -0.0800. The Kier molecular flexibility index (Phi) is 3.33. The van der Waals surface area contributed by atoms with Gasteiger partial charge in [0, 0.05) is 12.1 Å². The lowest BCUT2D eigenvalue weighted by Gasteiger charge is -2.53. The van der Waals surface area contributed by atoms with E-state index in [-0.39, 0.29) is 0 Å².